The van der Waals surface area contributed by atoms with Crippen molar-refractivity contribution in [2.24, 2.45) is 0 Å². The van der Waals surface area contributed by atoms with Crippen molar-refractivity contribution < 1.29 is 0 Å². The van der Waals surface area contributed by atoms with Crippen LogP contribution in [0.3, 0.4) is 0 Å². The van der Waals surface area contributed by atoms with Gasteiger partial charge in [0, 0.05) is 4.90 Å². The van der Waals surface area contributed by atoms with Crippen molar-refractivity contribution in [3.63, 3.8) is 0 Å². The summed E-state index contributed by atoms with van der Waals surface area (Å²) in [6, 6.07) is 23.1. The Balaban J connectivity index is 2.36. The molecule has 0 nitrogen and oxygen atoms in total. The lowest BCUT2D eigenvalue weighted by atomic mass is 9.98. The van der Waals surface area contributed by atoms with E-state index in [1.54, 1.807) is 0 Å². The molecule has 0 aliphatic rings. The van der Waals surface area contributed by atoms with Crippen molar-refractivity contribution in [3.05, 3.63) is 66.7 Å². The Bertz CT molecular complexity index is 657. The summed E-state index contributed by atoms with van der Waals surface area (Å²) in [5, 5.41) is 2.51. The van der Waals surface area contributed by atoms with Crippen LogP contribution in [0.4, 0.5) is 0 Å². The number of rotatable bonds is 1. The van der Waals surface area contributed by atoms with Crippen LogP contribution in [0.15, 0.2) is 71.6 Å². The van der Waals surface area contributed by atoms with Gasteiger partial charge in [-0.1, -0.05) is 54.6 Å². The second-order valence-electron chi connectivity index (χ2n) is 4.08. The van der Waals surface area contributed by atoms with E-state index in [0.717, 1.165) is 4.90 Å². The summed E-state index contributed by atoms with van der Waals surface area (Å²) in [6.45, 7) is 0. The fraction of sp³-hybridized carbons (Fsp3) is 0. The van der Waals surface area contributed by atoms with Gasteiger partial charge in [0.15, 0.2) is 0 Å². The summed E-state index contributed by atoms with van der Waals surface area (Å²) in [6.07, 6.45) is 0. The molecule has 1 heteroatoms. The summed E-state index contributed by atoms with van der Waals surface area (Å²) in [5.74, 6) is 0. The van der Waals surface area contributed by atoms with Crippen molar-refractivity contribution in [2.75, 3.05) is 0 Å². The van der Waals surface area contributed by atoms with E-state index in [-0.39, 0.29) is 0 Å². The molecule has 0 radical (unpaired) electrons. The van der Waals surface area contributed by atoms with Crippen LogP contribution in [0.5, 0.6) is 0 Å². The van der Waals surface area contributed by atoms with E-state index < -0.39 is 0 Å². The summed E-state index contributed by atoms with van der Waals surface area (Å²) < 4.78 is 0. The van der Waals surface area contributed by atoms with E-state index in [9.17, 15) is 0 Å². The van der Waals surface area contributed by atoms with Gasteiger partial charge in [0.2, 0.25) is 0 Å². The highest BCUT2D eigenvalue weighted by Crippen LogP contribution is 2.31. The third-order valence-corrected chi connectivity index (χ3v) is 3.19. The van der Waals surface area contributed by atoms with Crippen molar-refractivity contribution in [1.29, 1.82) is 0 Å². The lowest BCUT2D eigenvalue weighted by Gasteiger charge is -2.08. The standard InChI is InChI=1S/C16H12S/c17-14-10-13-8-4-5-9-15(13)16(11-14)12-6-2-1-3-7-12/h1-11,17H. The minimum Gasteiger partial charge on any atom is -0.143 e. The molecule has 0 N–H and O–H groups in total. The Morgan fingerprint density at radius 3 is 2.24 bits per heavy atom. The van der Waals surface area contributed by atoms with Gasteiger partial charge in [-0.3, -0.25) is 0 Å². The number of fused-ring (bicyclic) bond motifs is 1. The molecule has 0 bridgehead atoms. The molecule has 0 unspecified atom stereocenters. The van der Waals surface area contributed by atoms with E-state index in [1.807, 2.05) is 6.07 Å². The normalized spacial score (nSPS) is 10.6. The highest BCUT2D eigenvalue weighted by atomic mass is 32.1. The van der Waals surface area contributed by atoms with Gasteiger partial charge >= 0.3 is 0 Å². The first-order chi connectivity index (χ1) is 8.34. The Labute approximate surface area is 106 Å². The summed E-state index contributed by atoms with van der Waals surface area (Å²) in [5.41, 5.74) is 2.48. The molecule has 0 atom stereocenters. The maximum atomic E-state index is 4.48. The third-order valence-electron chi connectivity index (χ3n) is 2.93. The Morgan fingerprint density at radius 1 is 0.706 bits per heavy atom. The van der Waals surface area contributed by atoms with Gasteiger partial charge in [0.05, 0.1) is 0 Å². The van der Waals surface area contributed by atoms with E-state index in [1.165, 1.54) is 21.9 Å². The molecule has 0 amide bonds. The molecule has 17 heavy (non-hydrogen) atoms. The second kappa shape index (κ2) is 4.27. The van der Waals surface area contributed by atoms with Crippen LogP contribution in [-0.2, 0) is 0 Å². The first-order valence-corrected chi connectivity index (χ1v) is 6.06. The van der Waals surface area contributed by atoms with E-state index >= 15 is 0 Å². The monoisotopic (exact) mass is 236 g/mol. The van der Waals surface area contributed by atoms with Crippen LogP contribution in [0, 0.1) is 0 Å². The largest absolute Gasteiger partial charge is 0.143 e. The second-order valence-corrected chi connectivity index (χ2v) is 4.60. The van der Waals surface area contributed by atoms with Gasteiger partial charge < -0.3 is 0 Å². The quantitative estimate of drug-likeness (QED) is 0.577. The number of thiol groups is 1. The third kappa shape index (κ3) is 1.94. The number of benzene rings is 3. The minimum absolute atomic E-state index is 1.00. The van der Waals surface area contributed by atoms with Crippen molar-refractivity contribution in [3.8, 4) is 11.1 Å². The minimum atomic E-state index is 1.00. The maximum absolute atomic E-state index is 4.48. The fourth-order valence-electron chi connectivity index (χ4n) is 2.15. The van der Waals surface area contributed by atoms with Crippen LogP contribution in [0.1, 0.15) is 0 Å². The molecule has 3 aromatic rings. The van der Waals surface area contributed by atoms with Crippen molar-refractivity contribution in [1.82, 2.24) is 0 Å². The van der Waals surface area contributed by atoms with Crippen LogP contribution >= 0.6 is 12.6 Å². The molecule has 0 saturated carbocycles. The van der Waals surface area contributed by atoms with Crippen molar-refractivity contribution >= 4 is 23.4 Å². The summed E-state index contributed by atoms with van der Waals surface area (Å²) in [7, 11) is 0. The molecule has 0 aromatic heterocycles. The van der Waals surface area contributed by atoms with Gasteiger partial charge in [0.25, 0.3) is 0 Å². The average Bonchev–Trinajstić information content (AvgIpc) is 2.39. The smallest absolute Gasteiger partial charge is 0.00525 e. The van der Waals surface area contributed by atoms with Crippen molar-refractivity contribution in [2.45, 2.75) is 4.90 Å². The molecular formula is C16H12S. The molecule has 0 aliphatic carbocycles. The summed E-state index contributed by atoms with van der Waals surface area (Å²) >= 11 is 4.48. The molecule has 82 valence electrons. The zero-order valence-corrected chi connectivity index (χ0v) is 10.2. The fourth-order valence-corrected chi connectivity index (χ4v) is 2.42. The zero-order chi connectivity index (χ0) is 11.7. The highest BCUT2D eigenvalue weighted by Gasteiger charge is 2.04. The molecule has 0 aliphatic heterocycles. The molecule has 0 heterocycles. The molecule has 0 spiro atoms. The van der Waals surface area contributed by atoms with E-state index in [4.69, 9.17) is 0 Å². The van der Waals surface area contributed by atoms with Crippen LogP contribution in [0.25, 0.3) is 21.9 Å². The maximum Gasteiger partial charge on any atom is 0.00525 e. The van der Waals surface area contributed by atoms with Crippen LogP contribution < -0.4 is 0 Å². The van der Waals surface area contributed by atoms with Gasteiger partial charge in [-0.25, -0.2) is 0 Å². The predicted molar refractivity (Wildman–Crippen MR) is 76.6 cm³/mol. The Kier molecular flexibility index (Phi) is 2.62. The van der Waals surface area contributed by atoms with Gasteiger partial charge in [-0.2, -0.15) is 0 Å². The average molecular weight is 236 g/mol. The molecule has 0 saturated heterocycles. The van der Waals surface area contributed by atoms with E-state index in [0.29, 0.717) is 0 Å². The lowest BCUT2D eigenvalue weighted by Crippen LogP contribution is -1.81. The number of hydrogen-bond donors (Lipinski definition) is 1. The van der Waals surface area contributed by atoms with Gasteiger partial charge in [-0.15, -0.1) is 12.6 Å². The highest BCUT2D eigenvalue weighted by molar-refractivity contribution is 7.80. The molecule has 0 fully saturated rings. The topological polar surface area (TPSA) is 0 Å². The Hall–Kier alpha value is -1.73. The molecular weight excluding hydrogens is 224 g/mol. The summed E-state index contributed by atoms with van der Waals surface area (Å²) in [4.78, 5) is 1.00. The molecule has 3 aromatic carbocycles. The number of hydrogen-bond acceptors (Lipinski definition) is 1. The van der Waals surface area contributed by atoms with Crippen LogP contribution in [0.2, 0.25) is 0 Å². The van der Waals surface area contributed by atoms with Gasteiger partial charge in [0.1, 0.15) is 0 Å². The lowest BCUT2D eigenvalue weighted by molar-refractivity contribution is 1.51. The van der Waals surface area contributed by atoms with E-state index in [2.05, 4.69) is 73.3 Å². The predicted octanol–water partition coefficient (Wildman–Crippen LogP) is 4.80. The Morgan fingerprint density at radius 2 is 1.41 bits per heavy atom. The molecule has 3 rings (SSSR count). The zero-order valence-electron chi connectivity index (χ0n) is 9.30. The first kappa shape index (κ1) is 10.4. The van der Waals surface area contributed by atoms with Gasteiger partial charge in [-0.05, 0) is 34.0 Å². The first-order valence-electron chi connectivity index (χ1n) is 5.62. The van der Waals surface area contributed by atoms with Crippen LogP contribution in [-0.4, -0.2) is 0 Å². The SMILES string of the molecule is Sc1cc(-c2ccccc2)c2ccccc2c1.